The molecule has 0 radical (unpaired) electrons. The minimum Gasteiger partial charge on any atom is -0.332 e. The molecular formula is C11H17NO. The standard InChI is InChI=1S/C11H17NO/c1-2-3-5-9-8-11(13)12-7-4-6-10(9)12/h8,10H,2-7H2,1H3. The lowest BCUT2D eigenvalue weighted by atomic mass is 10.0. The van der Waals surface area contributed by atoms with Gasteiger partial charge < -0.3 is 4.90 Å². The van der Waals surface area contributed by atoms with Crippen molar-refractivity contribution in [2.45, 2.75) is 45.1 Å². The van der Waals surface area contributed by atoms with Crippen LogP contribution in [0.15, 0.2) is 11.6 Å². The van der Waals surface area contributed by atoms with Gasteiger partial charge in [-0.3, -0.25) is 4.79 Å². The van der Waals surface area contributed by atoms with Gasteiger partial charge >= 0.3 is 0 Å². The molecule has 0 aromatic carbocycles. The SMILES string of the molecule is CCCCC1=CC(=O)N2CCCC12. The van der Waals surface area contributed by atoms with Gasteiger partial charge in [-0.2, -0.15) is 0 Å². The van der Waals surface area contributed by atoms with Crippen LogP contribution in [0.3, 0.4) is 0 Å². The van der Waals surface area contributed by atoms with Crippen molar-refractivity contribution in [1.82, 2.24) is 4.90 Å². The molecule has 0 saturated carbocycles. The van der Waals surface area contributed by atoms with Crippen LogP contribution in [0.1, 0.15) is 39.0 Å². The molecule has 0 aromatic rings. The zero-order chi connectivity index (χ0) is 9.26. The summed E-state index contributed by atoms with van der Waals surface area (Å²) in [6, 6.07) is 0.485. The first-order valence-corrected chi connectivity index (χ1v) is 5.34. The molecule has 0 bridgehead atoms. The Morgan fingerprint density at radius 3 is 3.23 bits per heavy atom. The zero-order valence-electron chi connectivity index (χ0n) is 8.25. The Morgan fingerprint density at radius 2 is 2.46 bits per heavy atom. The predicted octanol–water partition coefficient (Wildman–Crippen LogP) is 2.11. The molecule has 72 valence electrons. The van der Waals surface area contributed by atoms with Crippen molar-refractivity contribution in [3.63, 3.8) is 0 Å². The number of unbranched alkanes of at least 4 members (excludes halogenated alkanes) is 1. The highest BCUT2D eigenvalue weighted by Crippen LogP contribution is 2.31. The molecule has 2 heteroatoms. The van der Waals surface area contributed by atoms with Crippen molar-refractivity contribution in [1.29, 1.82) is 0 Å². The first kappa shape index (κ1) is 8.79. The quantitative estimate of drug-likeness (QED) is 0.649. The summed E-state index contributed by atoms with van der Waals surface area (Å²) in [5.74, 6) is 0.258. The lowest BCUT2D eigenvalue weighted by molar-refractivity contribution is -0.124. The highest BCUT2D eigenvalue weighted by Gasteiger charge is 2.35. The highest BCUT2D eigenvalue weighted by atomic mass is 16.2. The molecule has 2 rings (SSSR count). The molecule has 2 aliphatic rings. The second-order valence-corrected chi connectivity index (χ2v) is 4.01. The lowest BCUT2D eigenvalue weighted by Crippen LogP contribution is -2.29. The van der Waals surface area contributed by atoms with E-state index in [1.807, 2.05) is 11.0 Å². The number of amides is 1. The molecule has 0 N–H and O–H groups in total. The van der Waals surface area contributed by atoms with E-state index in [9.17, 15) is 4.79 Å². The molecule has 1 saturated heterocycles. The Balaban J connectivity index is 2.02. The van der Waals surface area contributed by atoms with Crippen molar-refractivity contribution in [3.05, 3.63) is 11.6 Å². The Labute approximate surface area is 79.6 Å². The molecular weight excluding hydrogens is 162 g/mol. The van der Waals surface area contributed by atoms with E-state index in [4.69, 9.17) is 0 Å². The van der Waals surface area contributed by atoms with Crippen molar-refractivity contribution >= 4 is 5.91 Å². The number of carbonyl (C=O) groups excluding carboxylic acids is 1. The van der Waals surface area contributed by atoms with Crippen molar-refractivity contribution < 1.29 is 4.79 Å². The average molecular weight is 179 g/mol. The van der Waals surface area contributed by atoms with Crippen LogP contribution in [0.5, 0.6) is 0 Å². The molecule has 1 amide bonds. The first-order chi connectivity index (χ1) is 6.33. The van der Waals surface area contributed by atoms with E-state index in [-0.39, 0.29) is 5.91 Å². The number of hydrogen-bond donors (Lipinski definition) is 0. The second kappa shape index (κ2) is 3.52. The molecule has 0 spiro atoms. The third-order valence-corrected chi connectivity index (χ3v) is 3.09. The minimum absolute atomic E-state index is 0.258. The van der Waals surface area contributed by atoms with Gasteiger partial charge in [0.1, 0.15) is 0 Å². The monoisotopic (exact) mass is 179 g/mol. The van der Waals surface area contributed by atoms with E-state index in [1.54, 1.807) is 0 Å². The highest BCUT2D eigenvalue weighted by molar-refractivity contribution is 5.92. The number of rotatable bonds is 3. The fourth-order valence-corrected chi connectivity index (χ4v) is 2.37. The van der Waals surface area contributed by atoms with E-state index >= 15 is 0 Å². The van der Waals surface area contributed by atoms with E-state index in [0.717, 1.165) is 13.0 Å². The van der Waals surface area contributed by atoms with E-state index in [1.165, 1.54) is 31.3 Å². The molecule has 2 aliphatic heterocycles. The Kier molecular flexibility index (Phi) is 2.38. The van der Waals surface area contributed by atoms with Crippen LogP contribution in [0, 0.1) is 0 Å². The lowest BCUT2D eigenvalue weighted by Gasteiger charge is -2.18. The van der Waals surface area contributed by atoms with Crippen LogP contribution < -0.4 is 0 Å². The summed E-state index contributed by atoms with van der Waals surface area (Å²) in [6.45, 7) is 3.18. The summed E-state index contributed by atoms with van der Waals surface area (Å²) < 4.78 is 0. The van der Waals surface area contributed by atoms with Gasteiger partial charge in [-0.1, -0.05) is 13.3 Å². The Morgan fingerprint density at radius 1 is 1.62 bits per heavy atom. The molecule has 13 heavy (non-hydrogen) atoms. The van der Waals surface area contributed by atoms with Crippen LogP contribution in [-0.2, 0) is 4.79 Å². The maximum atomic E-state index is 11.5. The van der Waals surface area contributed by atoms with Crippen LogP contribution >= 0.6 is 0 Å². The van der Waals surface area contributed by atoms with Gasteiger partial charge in [0.2, 0.25) is 5.91 Å². The Hall–Kier alpha value is -0.790. The largest absolute Gasteiger partial charge is 0.332 e. The van der Waals surface area contributed by atoms with Crippen molar-refractivity contribution in [2.24, 2.45) is 0 Å². The molecule has 0 aromatic heterocycles. The maximum absolute atomic E-state index is 11.5. The van der Waals surface area contributed by atoms with Gasteiger partial charge in [0.05, 0.1) is 6.04 Å². The summed E-state index contributed by atoms with van der Waals surface area (Å²) in [5, 5.41) is 0. The van der Waals surface area contributed by atoms with Crippen molar-refractivity contribution in [2.75, 3.05) is 6.54 Å². The van der Waals surface area contributed by atoms with Gasteiger partial charge in [0.15, 0.2) is 0 Å². The fourth-order valence-electron chi connectivity index (χ4n) is 2.37. The van der Waals surface area contributed by atoms with Gasteiger partial charge in [-0.25, -0.2) is 0 Å². The van der Waals surface area contributed by atoms with Gasteiger partial charge in [-0.05, 0) is 31.3 Å². The summed E-state index contributed by atoms with van der Waals surface area (Å²) in [4.78, 5) is 13.5. The molecule has 2 nitrogen and oxygen atoms in total. The summed E-state index contributed by atoms with van der Waals surface area (Å²) >= 11 is 0. The van der Waals surface area contributed by atoms with Crippen LogP contribution in [-0.4, -0.2) is 23.4 Å². The molecule has 2 heterocycles. The van der Waals surface area contributed by atoms with Gasteiger partial charge in [-0.15, -0.1) is 0 Å². The normalized spacial score (nSPS) is 26.5. The third kappa shape index (κ3) is 1.50. The molecule has 0 aliphatic carbocycles. The average Bonchev–Trinajstić information content (AvgIpc) is 2.67. The predicted molar refractivity (Wildman–Crippen MR) is 52.3 cm³/mol. The maximum Gasteiger partial charge on any atom is 0.247 e. The molecule has 1 fully saturated rings. The fraction of sp³-hybridized carbons (Fsp3) is 0.727. The van der Waals surface area contributed by atoms with E-state index in [2.05, 4.69) is 6.92 Å². The third-order valence-electron chi connectivity index (χ3n) is 3.09. The first-order valence-electron chi connectivity index (χ1n) is 5.34. The summed E-state index contributed by atoms with van der Waals surface area (Å²) in [5.41, 5.74) is 1.39. The molecule has 1 unspecified atom stereocenters. The summed E-state index contributed by atoms with van der Waals surface area (Å²) in [6.07, 6.45) is 7.84. The topological polar surface area (TPSA) is 20.3 Å². The van der Waals surface area contributed by atoms with Crippen molar-refractivity contribution in [3.8, 4) is 0 Å². The zero-order valence-corrected chi connectivity index (χ0v) is 8.25. The number of nitrogens with zero attached hydrogens (tertiary/aromatic N) is 1. The minimum atomic E-state index is 0.258. The van der Waals surface area contributed by atoms with Gasteiger partial charge in [0, 0.05) is 12.6 Å². The van der Waals surface area contributed by atoms with Gasteiger partial charge in [0.25, 0.3) is 0 Å². The number of hydrogen-bond acceptors (Lipinski definition) is 1. The van der Waals surface area contributed by atoms with E-state index in [0.29, 0.717) is 6.04 Å². The van der Waals surface area contributed by atoms with E-state index < -0.39 is 0 Å². The van der Waals surface area contributed by atoms with Crippen LogP contribution in [0.2, 0.25) is 0 Å². The van der Waals surface area contributed by atoms with Crippen LogP contribution in [0.25, 0.3) is 0 Å². The number of fused-ring (bicyclic) bond motifs is 1. The second-order valence-electron chi connectivity index (χ2n) is 4.01. The Bertz CT molecular complexity index is 244. The smallest absolute Gasteiger partial charge is 0.247 e. The molecule has 1 atom stereocenters. The summed E-state index contributed by atoms with van der Waals surface area (Å²) in [7, 11) is 0. The number of carbonyl (C=O) groups is 1. The van der Waals surface area contributed by atoms with Crippen LogP contribution in [0.4, 0.5) is 0 Å².